The van der Waals surface area contributed by atoms with E-state index in [4.69, 9.17) is 4.74 Å². The number of rotatable bonds is 8. The molecule has 1 aromatic heterocycles. The normalized spacial score (nSPS) is 10.3. The van der Waals surface area contributed by atoms with Crippen LogP contribution in [-0.4, -0.2) is 40.6 Å². The highest BCUT2D eigenvalue weighted by molar-refractivity contribution is 8.00. The smallest absolute Gasteiger partial charge is 0.234 e. The van der Waals surface area contributed by atoms with Gasteiger partial charge in [0.25, 0.3) is 0 Å². The SMILES string of the molecule is COc1ccc(NC(=O)CSCC(=O)Nc2ccc(-c3ccn[nH]3)cc2)cc1. The summed E-state index contributed by atoms with van der Waals surface area (Å²) in [6.45, 7) is 0. The first-order valence-electron chi connectivity index (χ1n) is 8.55. The second kappa shape index (κ2) is 9.61. The molecule has 3 aromatic rings. The molecule has 0 atom stereocenters. The molecule has 144 valence electrons. The van der Waals surface area contributed by atoms with Crippen LogP contribution in [0, 0.1) is 0 Å². The summed E-state index contributed by atoms with van der Waals surface area (Å²) in [5.41, 5.74) is 3.29. The van der Waals surface area contributed by atoms with Crippen LogP contribution in [0.1, 0.15) is 0 Å². The minimum atomic E-state index is -0.160. The van der Waals surface area contributed by atoms with Crippen LogP contribution in [0.15, 0.2) is 60.8 Å². The zero-order valence-corrected chi connectivity index (χ0v) is 16.1. The summed E-state index contributed by atoms with van der Waals surface area (Å²) in [7, 11) is 1.59. The number of anilines is 2. The van der Waals surface area contributed by atoms with Gasteiger partial charge in [0.15, 0.2) is 0 Å². The third kappa shape index (κ3) is 5.62. The molecule has 3 rings (SSSR count). The van der Waals surface area contributed by atoms with E-state index in [0.717, 1.165) is 17.0 Å². The summed E-state index contributed by atoms with van der Waals surface area (Å²) in [5, 5.41) is 12.4. The molecule has 0 saturated carbocycles. The van der Waals surface area contributed by atoms with Crippen LogP contribution < -0.4 is 15.4 Å². The number of amides is 2. The van der Waals surface area contributed by atoms with Crippen molar-refractivity contribution in [2.75, 3.05) is 29.2 Å². The summed E-state index contributed by atoms with van der Waals surface area (Å²) < 4.78 is 5.07. The van der Waals surface area contributed by atoms with Gasteiger partial charge in [-0.15, -0.1) is 11.8 Å². The topological polar surface area (TPSA) is 96.1 Å². The summed E-state index contributed by atoms with van der Waals surface area (Å²) in [5.74, 6) is 0.793. The third-order valence-electron chi connectivity index (χ3n) is 3.82. The number of nitrogens with zero attached hydrogens (tertiary/aromatic N) is 1. The van der Waals surface area contributed by atoms with Gasteiger partial charge in [-0.2, -0.15) is 5.10 Å². The molecule has 0 saturated heterocycles. The van der Waals surface area contributed by atoms with Crippen molar-refractivity contribution in [3.63, 3.8) is 0 Å². The maximum Gasteiger partial charge on any atom is 0.234 e. The Labute approximate surface area is 166 Å². The Kier molecular flexibility index (Phi) is 6.69. The minimum Gasteiger partial charge on any atom is -0.497 e. The van der Waals surface area contributed by atoms with Gasteiger partial charge in [-0.3, -0.25) is 14.7 Å². The van der Waals surface area contributed by atoms with E-state index in [-0.39, 0.29) is 23.3 Å². The van der Waals surface area contributed by atoms with Crippen LogP contribution in [0.2, 0.25) is 0 Å². The van der Waals surface area contributed by atoms with Crippen LogP contribution in [0.5, 0.6) is 5.75 Å². The Morgan fingerprint density at radius 2 is 1.50 bits per heavy atom. The number of hydrogen-bond donors (Lipinski definition) is 3. The number of hydrogen-bond acceptors (Lipinski definition) is 5. The molecule has 8 heteroatoms. The second-order valence-electron chi connectivity index (χ2n) is 5.87. The van der Waals surface area contributed by atoms with Crippen molar-refractivity contribution in [1.29, 1.82) is 0 Å². The number of carbonyl (C=O) groups excluding carboxylic acids is 2. The number of thioether (sulfide) groups is 1. The second-order valence-corrected chi connectivity index (χ2v) is 6.85. The van der Waals surface area contributed by atoms with E-state index in [9.17, 15) is 9.59 Å². The zero-order valence-electron chi connectivity index (χ0n) is 15.3. The van der Waals surface area contributed by atoms with Gasteiger partial charge in [0, 0.05) is 17.6 Å². The van der Waals surface area contributed by atoms with E-state index in [1.807, 2.05) is 30.3 Å². The highest BCUT2D eigenvalue weighted by Gasteiger charge is 2.07. The van der Waals surface area contributed by atoms with E-state index < -0.39 is 0 Å². The van der Waals surface area contributed by atoms with Gasteiger partial charge >= 0.3 is 0 Å². The number of benzene rings is 2. The molecule has 0 bridgehead atoms. The van der Waals surface area contributed by atoms with Crippen molar-refractivity contribution < 1.29 is 14.3 Å². The van der Waals surface area contributed by atoms with E-state index in [1.165, 1.54) is 11.8 Å². The molecule has 0 fully saturated rings. The van der Waals surface area contributed by atoms with E-state index in [2.05, 4.69) is 20.8 Å². The number of aromatic nitrogens is 2. The molecule has 2 aromatic carbocycles. The van der Waals surface area contributed by atoms with E-state index in [1.54, 1.807) is 37.6 Å². The fourth-order valence-electron chi connectivity index (χ4n) is 2.45. The van der Waals surface area contributed by atoms with Crippen molar-refractivity contribution in [3.8, 4) is 17.0 Å². The van der Waals surface area contributed by atoms with Crippen molar-refractivity contribution in [3.05, 3.63) is 60.8 Å². The molecule has 3 N–H and O–H groups in total. The molecule has 28 heavy (non-hydrogen) atoms. The Morgan fingerprint density at radius 1 is 0.929 bits per heavy atom. The van der Waals surface area contributed by atoms with Crippen molar-refractivity contribution in [2.24, 2.45) is 0 Å². The number of ether oxygens (including phenoxy) is 1. The van der Waals surface area contributed by atoms with Crippen molar-refractivity contribution >= 4 is 35.0 Å². The summed E-state index contributed by atoms with van der Waals surface area (Å²) in [6.07, 6.45) is 1.69. The highest BCUT2D eigenvalue weighted by atomic mass is 32.2. The van der Waals surface area contributed by atoms with Crippen LogP contribution in [0.3, 0.4) is 0 Å². The largest absolute Gasteiger partial charge is 0.497 e. The fourth-order valence-corrected chi connectivity index (χ4v) is 3.07. The van der Waals surface area contributed by atoms with Crippen LogP contribution in [0.25, 0.3) is 11.3 Å². The molecule has 0 unspecified atom stereocenters. The quantitative estimate of drug-likeness (QED) is 0.542. The molecule has 1 heterocycles. The summed E-state index contributed by atoms with van der Waals surface area (Å²) in [6, 6.07) is 16.4. The number of H-pyrrole nitrogens is 1. The first kappa shape index (κ1) is 19.5. The zero-order chi connectivity index (χ0) is 19.8. The average molecular weight is 396 g/mol. The lowest BCUT2D eigenvalue weighted by atomic mass is 10.1. The van der Waals surface area contributed by atoms with Gasteiger partial charge in [0.2, 0.25) is 11.8 Å². The first-order valence-corrected chi connectivity index (χ1v) is 9.71. The van der Waals surface area contributed by atoms with Crippen molar-refractivity contribution in [2.45, 2.75) is 0 Å². The molecule has 0 spiro atoms. The van der Waals surface area contributed by atoms with Crippen LogP contribution in [-0.2, 0) is 9.59 Å². The summed E-state index contributed by atoms with van der Waals surface area (Å²) >= 11 is 1.25. The predicted octanol–water partition coefficient (Wildman–Crippen LogP) is 3.40. The molecule has 7 nitrogen and oxygen atoms in total. The fraction of sp³-hybridized carbons (Fsp3) is 0.150. The predicted molar refractivity (Wildman–Crippen MR) is 112 cm³/mol. The molecule has 2 amide bonds. The molecule has 0 aliphatic carbocycles. The number of aromatic amines is 1. The molecular weight excluding hydrogens is 376 g/mol. The summed E-state index contributed by atoms with van der Waals surface area (Å²) in [4.78, 5) is 24.0. The maximum absolute atomic E-state index is 12.0. The lowest BCUT2D eigenvalue weighted by Crippen LogP contribution is -2.18. The van der Waals surface area contributed by atoms with E-state index >= 15 is 0 Å². The minimum absolute atomic E-state index is 0.156. The van der Waals surface area contributed by atoms with Gasteiger partial charge in [-0.25, -0.2) is 0 Å². The third-order valence-corrected chi connectivity index (χ3v) is 4.75. The van der Waals surface area contributed by atoms with Gasteiger partial charge in [0.1, 0.15) is 5.75 Å². The lowest BCUT2D eigenvalue weighted by Gasteiger charge is -2.07. The highest BCUT2D eigenvalue weighted by Crippen LogP contribution is 2.19. The van der Waals surface area contributed by atoms with Crippen molar-refractivity contribution in [1.82, 2.24) is 10.2 Å². The molecule has 0 aliphatic rings. The Balaban J connectivity index is 1.39. The Morgan fingerprint density at radius 3 is 2.00 bits per heavy atom. The van der Waals surface area contributed by atoms with Crippen LogP contribution in [0.4, 0.5) is 11.4 Å². The van der Waals surface area contributed by atoms with Gasteiger partial charge in [0.05, 0.1) is 24.3 Å². The van der Waals surface area contributed by atoms with Crippen LogP contribution >= 0.6 is 11.8 Å². The average Bonchev–Trinajstić information content (AvgIpc) is 3.24. The number of nitrogens with one attached hydrogen (secondary N) is 3. The first-order chi connectivity index (χ1) is 13.6. The Hall–Kier alpha value is -3.26. The maximum atomic E-state index is 12.0. The Bertz CT molecular complexity index is 910. The van der Waals surface area contributed by atoms with Gasteiger partial charge < -0.3 is 15.4 Å². The standard InChI is InChI=1S/C20H20N4O3S/c1-27-17-8-6-16(7-9-17)23-20(26)13-28-12-19(25)22-15-4-2-14(3-5-15)18-10-11-21-24-18/h2-11H,12-13H2,1H3,(H,21,24)(H,22,25)(H,23,26). The van der Waals surface area contributed by atoms with Gasteiger partial charge in [-0.05, 0) is 48.0 Å². The lowest BCUT2D eigenvalue weighted by molar-refractivity contribution is -0.114. The monoisotopic (exact) mass is 396 g/mol. The van der Waals surface area contributed by atoms with E-state index in [0.29, 0.717) is 11.4 Å². The molecular formula is C20H20N4O3S. The number of carbonyl (C=O) groups is 2. The number of methoxy groups -OCH3 is 1. The van der Waals surface area contributed by atoms with Gasteiger partial charge in [-0.1, -0.05) is 12.1 Å². The molecule has 0 radical (unpaired) electrons. The molecule has 0 aliphatic heterocycles.